The summed E-state index contributed by atoms with van der Waals surface area (Å²) < 4.78 is 0. The minimum absolute atomic E-state index is 0.208. The Morgan fingerprint density at radius 3 is 2.25 bits per heavy atom. The van der Waals surface area contributed by atoms with Crippen LogP contribution in [0.2, 0.25) is 0 Å². The van der Waals surface area contributed by atoms with Crippen molar-refractivity contribution in [3.63, 3.8) is 0 Å². The lowest BCUT2D eigenvalue weighted by molar-refractivity contribution is 7.21. The van der Waals surface area contributed by atoms with Crippen molar-refractivity contribution in [2.45, 2.75) is 0 Å². The second-order valence-electron chi connectivity index (χ2n) is 0.127. The molecule has 0 aromatic heterocycles. The van der Waals surface area contributed by atoms with Crippen LogP contribution >= 0.6 is 55.5 Å². The largest absolute Gasteiger partial charge is 0.105 e. The molecule has 4 heavy (non-hydrogen) atoms. The van der Waals surface area contributed by atoms with Gasteiger partial charge in [-0.3, -0.25) is 0 Å². The van der Waals surface area contributed by atoms with Gasteiger partial charge >= 0.3 is 0 Å². The van der Waals surface area contributed by atoms with E-state index in [0.717, 1.165) is 0 Å². The lowest BCUT2D eigenvalue weighted by atomic mass is 32.0. The quantitative estimate of drug-likeness (QED) is 0.573. The van der Waals surface area contributed by atoms with Gasteiger partial charge in [0.2, 0.25) is 0 Å². The maximum Gasteiger partial charge on any atom is 0.00797 e. The van der Waals surface area contributed by atoms with Crippen molar-refractivity contribution < 1.29 is 0 Å². The zero-order chi connectivity index (χ0) is 3.41. The number of hydrogen-bond acceptors (Lipinski definition) is 2. The van der Waals surface area contributed by atoms with Crippen molar-refractivity contribution in [1.82, 2.24) is 0 Å². The van der Waals surface area contributed by atoms with E-state index >= 15 is 0 Å². The molecular weight excluding hydrogens is 318 g/mol. The third-order valence-corrected chi connectivity index (χ3v) is 10.6. The highest BCUT2D eigenvalue weighted by Gasteiger charge is 1.60. The molecule has 0 nitrogen and oxygen atoms in total. The maximum absolute atomic E-state index is 3.99. The predicted octanol–water partition coefficient (Wildman–Crippen LogP) is 2.80. The van der Waals surface area contributed by atoms with Crippen LogP contribution in [0.3, 0.4) is 0 Å². The van der Waals surface area contributed by atoms with Gasteiger partial charge in [-0.2, -0.15) is 0 Å². The molecule has 0 N–H and O–H groups in total. The van der Waals surface area contributed by atoms with Crippen molar-refractivity contribution >= 4 is 55.5 Å². The second kappa shape index (κ2) is 5.16. The molecule has 0 spiro atoms. The molecule has 0 rings (SSSR count). The first-order chi connectivity index (χ1) is 1.91. The van der Waals surface area contributed by atoms with Crippen molar-refractivity contribution in [2.75, 3.05) is 0 Å². The fourth-order valence-electron chi connectivity index (χ4n) is 0. The van der Waals surface area contributed by atoms with E-state index in [4.69, 9.17) is 0 Å². The summed E-state index contributed by atoms with van der Waals surface area (Å²) in [5, 5.41) is 0. The highest BCUT2D eigenvalue weighted by molar-refractivity contribution is 14.4. The van der Waals surface area contributed by atoms with Crippen LogP contribution in [0.1, 0.15) is 0 Å². The zero-order valence-corrected chi connectivity index (χ0v) is 7.64. The van der Waals surface area contributed by atoms with Crippen LogP contribution in [0.5, 0.6) is 0 Å². The zero-order valence-electron chi connectivity index (χ0n) is 1.61. The third-order valence-electron chi connectivity index (χ3n) is 0.0261. The average Bonchev–Trinajstić information content (AvgIpc) is 1.37. The highest BCUT2D eigenvalue weighted by atomic mass is 127. The second-order valence-corrected chi connectivity index (χ2v) is 12.0. The van der Waals surface area contributed by atoms with E-state index in [1.165, 1.54) is 0 Å². The smallest absolute Gasteiger partial charge is 0.00797 e. The van der Waals surface area contributed by atoms with Gasteiger partial charge in [0.25, 0.3) is 0 Å². The molecule has 0 aromatic carbocycles. The minimum Gasteiger partial charge on any atom is -0.105 e. The highest BCUT2D eigenvalue weighted by Crippen LogP contribution is 2.39. The van der Waals surface area contributed by atoms with Gasteiger partial charge in [0, 0.05) is 21.2 Å². The summed E-state index contributed by atoms with van der Waals surface area (Å²) in [4.78, 5) is 0. The summed E-state index contributed by atoms with van der Waals surface area (Å²) in [7, 11) is 3.99. The fraction of sp³-hybridized carbons (Fsp3) is 0. The first-order valence-corrected chi connectivity index (χ1v) is 9.61. The van der Waals surface area contributed by atoms with Crippen LogP contribution in [0.4, 0.5) is 0 Å². The van der Waals surface area contributed by atoms with E-state index in [1.54, 1.807) is 6.10 Å². The Balaban J connectivity index is 1.97. The molecule has 0 amide bonds. The van der Waals surface area contributed by atoms with Crippen LogP contribution < -0.4 is 0 Å². The molecule has 0 aliphatic heterocycles. The van der Waals surface area contributed by atoms with E-state index in [2.05, 4.69) is 31.0 Å². The Bertz CT molecular complexity index is 6.00. The van der Waals surface area contributed by atoms with Crippen molar-refractivity contribution in [3.8, 4) is 0 Å². The summed E-state index contributed by atoms with van der Waals surface area (Å²) in [5.74, 6) is 0. The molecule has 0 atom stereocenters. The number of halogens is 2. The Hall–Kier alpha value is 2.16. The van der Waals surface area contributed by atoms with Gasteiger partial charge in [-0.1, -0.05) is 0 Å². The SMILES string of the molecule is S[I]SI. The maximum atomic E-state index is 3.99. The summed E-state index contributed by atoms with van der Waals surface area (Å²) in [6, 6.07) is 0. The third kappa shape index (κ3) is 4.16. The standard InChI is InChI=1S/HI2S2/c1-4-2-3/h3H. The van der Waals surface area contributed by atoms with Gasteiger partial charge in [0.15, 0.2) is 0 Å². The molecule has 0 aliphatic rings. The Morgan fingerprint density at radius 1 is 2.00 bits per heavy atom. The number of hydrogen-bond donors (Lipinski definition) is 1. The Labute approximate surface area is 54.6 Å². The average molecular weight is 319 g/mol. The molecule has 4 heteroatoms. The van der Waals surface area contributed by atoms with Gasteiger partial charge in [0.1, 0.15) is 0 Å². The van der Waals surface area contributed by atoms with E-state index in [1.807, 2.05) is 0 Å². The fourth-order valence-corrected chi connectivity index (χ4v) is 0. The number of thiol groups is 1. The van der Waals surface area contributed by atoms with Gasteiger partial charge in [-0.25, -0.2) is 0 Å². The first kappa shape index (κ1) is 6.16. The molecule has 0 unspecified atom stereocenters. The molecule has 0 saturated carbocycles. The molecule has 0 saturated heterocycles. The van der Waals surface area contributed by atoms with Gasteiger partial charge in [-0.05, 0) is 24.5 Å². The Morgan fingerprint density at radius 2 is 2.25 bits per heavy atom. The molecule has 0 aromatic rings. The monoisotopic (exact) mass is 319 g/mol. The van der Waals surface area contributed by atoms with Gasteiger partial charge < -0.3 is 0 Å². The minimum atomic E-state index is 0.208. The van der Waals surface area contributed by atoms with Crippen LogP contribution in [0, 0.1) is 0 Å². The van der Waals surface area contributed by atoms with Gasteiger partial charge in [0.05, 0.1) is 0 Å². The summed E-state index contributed by atoms with van der Waals surface area (Å²) in [6.07, 6.45) is 1.80. The summed E-state index contributed by atoms with van der Waals surface area (Å²) >= 11 is 2.45. The van der Waals surface area contributed by atoms with Crippen LogP contribution in [-0.4, -0.2) is 0 Å². The van der Waals surface area contributed by atoms with Crippen molar-refractivity contribution in [2.24, 2.45) is 0 Å². The summed E-state index contributed by atoms with van der Waals surface area (Å²) in [6.45, 7) is 0. The molecule has 0 heterocycles. The molecule has 0 bridgehead atoms. The predicted molar refractivity (Wildman–Crippen MR) is 44.6 cm³/mol. The van der Waals surface area contributed by atoms with Crippen LogP contribution in [-0.2, 0) is 0 Å². The first-order valence-electron chi connectivity index (χ1n) is 0.478. The molecular formula is HI2S2. The molecule has 0 aliphatic carbocycles. The van der Waals surface area contributed by atoms with E-state index in [-0.39, 0.29) is 18.4 Å². The van der Waals surface area contributed by atoms with E-state index < -0.39 is 0 Å². The molecule has 27 valence electrons. The van der Waals surface area contributed by atoms with E-state index in [0.29, 0.717) is 0 Å². The molecule has 0 fully saturated rings. The summed E-state index contributed by atoms with van der Waals surface area (Å²) in [5.41, 5.74) is 0. The van der Waals surface area contributed by atoms with Crippen molar-refractivity contribution in [1.29, 1.82) is 0 Å². The molecule has 1 radical (unpaired) electrons. The van der Waals surface area contributed by atoms with Crippen LogP contribution in [0.25, 0.3) is 0 Å². The van der Waals surface area contributed by atoms with Crippen LogP contribution in [0.15, 0.2) is 0 Å². The number of rotatable bonds is 1. The van der Waals surface area contributed by atoms with Crippen molar-refractivity contribution in [3.05, 3.63) is 0 Å². The van der Waals surface area contributed by atoms with E-state index in [9.17, 15) is 0 Å². The lowest BCUT2D eigenvalue weighted by Crippen LogP contribution is -0.855. The van der Waals surface area contributed by atoms with Gasteiger partial charge in [-0.15, -0.1) is 9.80 Å². The Kier molecular flexibility index (Phi) is 7.95. The topological polar surface area (TPSA) is 0 Å². The normalized spacial score (nSPS) is 7.50. The lowest BCUT2D eigenvalue weighted by Gasteiger charge is -1.64.